The van der Waals surface area contributed by atoms with E-state index in [0.717, 1.165) is 0 Å². The molecule has 9 nitrogen and oxygen atoms in total. The normalized spacial score (nSPS) is 10.5. The minimum Gasteiger partial charge on any atom is -0.254 e. The maximum Gasteiger partial charge on any atom is 0.617 e. The monoisotopic (exact) mass is 161 g/mol. The summed E-state index contributed by atoms with van der Waals surface area (Å²) in [6.07, 6.45) is 0. The van der Waals surface area contributed by atoms with Crippen LogP contribution in [0.15, 0.2) is 0 Å². The fourth-order valence-corrected chi connectivity index (χ4v) is 0.200. The van der Waals surface area contributed by atoms with E-state index in [1.807, 2.05) is 0 Å². The van der Waals surface area contributed by atoms with E-state index in [1.165, 1.54) is 0 Å². The maximum absolute atomic E-state index is 9.70. The second kappa shape index (κ2) is 2.48. The van der Waals surface area contributed by atoms with E-state index in [0.29, 0.717) is 0 Å². The molecule has 0 bridgehead atoms. The van der Waals surface area contributed by atoms with Crippen molar-refractivity contribution in [2.45, 2.75) is 5.69 Å². The van der Waals surface area contributed by atoms with Crippen LogP contribution in [0, 0.1) is 30.3 Å². The third-order valence-electron chi connectivity index (χ3n) is 0.806. The first-order valence-corrected chi connectivity index (χ1v) is 2.05. The molecule has 0 unspecified atom stereocenters. The number of hydrogen-bond acceptors (Lipinski definition) is 6. The van der Waals surface area contributed by atoms with Gasteiger partial charge in [0.05, 0.1) is 0 Å². The van der Waals surface area contributed by atoms with Crippen LogP contribution in [0.5, 0.6) is 0 Å². The zero-order valence-corrected chi connectivity index (χ0v) is 4.87. The van der Waals surface area contributed by atoms with Crippen molar-refractivity contribution in [3.05, 3.63) is 30.3 Å². The van der Waals surface area contributed by atoms with Crippen LogP contribution < -0.4 is 0 Å². The fourth-order valence-electron chi connectivity index (χ4n) is 0.200. The van der Waals surface area contributed by atoms with Gasteiger partial charge in [0.15, 0.2) is 14.8 Å². The van der Waals surface area contributed by atoms with Gasteiger partial charge in [-0.2, -0.15) is 0 Å². The Hall–Kier alpha value is -1.74. The molecule has 2 radical (unpaired) electrons. The van der Waals surface area contributed by atoms with E-state index in [-0.39, 0.29) is 0 Å². The molecule has 0 aromatic carbocycles. The van der Waals surface area contributed by atoms with Crippen LogP contribution in [-0.4, -0.2) is 28.3 Å². The average Bonchev–Trinajstić information content (AvgIpc) is 1.84. The molecule has 0 aliphatic rings. The molecule has 0 amide bonds. The number of rotatable bonds is 3. The zero-order chi connectivity index (χ0) is 9.23. The first kappa shape index (κ1) is 9.26. The molecule has 58 valence electrons. The quantitative estimate of drug-likeness (QED) is 0.216. The Bertz CT molecular complexity index is 188. The number of nitro groups is 3. The molecular formula is CBN3O6. The molecule has 0 heterocycles. The maximum atomic E-state index is 9.70. The lowest BCUT2D eigenvalue weighted by molar-refractivity contribution is -0.939. The molecule has 0 aliphatic carbocycles. The van der Waals surface area contributed by atoms with Crippen LogP contribution in [0.25, 0.3) is 0 Å². The molecule has 0 aromatic heterocycles. The van der Waals surface area contributed by atoms with Gasteiger partial charge in [-0.1, -0.05) is 0 Å². The summed E-state index contributed by atoms with van der Waals surface area (Å²) in [7, 11) is 4.23. The Morgan fingerprint density at radius 3 is 1.09 bits per heavy atom. The van der Waals surface area contributed by atoms with Crippen LogP contribution in [0.3, 0.4) is 0 Å². The summed E-state index contributed by atoms with van der Waals surface area (Å²) in [6, 6.07) is 0. The minimum atomic E-state index is -3.83. The molecule has 0 saturated heterocycles. The molecule has 0 fully saturated rings. The first-order valence-electron chi connectivity index (χ1n) is 2.05. The van der Waals surface area contributed by atoms with Gasteiger partial charge in [0.2, 0.25) is 0 Å². The average molecular weight is 161 g/mol. The van der Waals surface area contributed by atoms with Crippen molar-refractivity contribution in [3.8, 4) is 0 Å². The molecule has 10 heteroatoms. The van der Waals surface area contributed by atoms with Gasteiger partial charge in [-0.15, -0.1) is 0 Å². The molecular weight excluding hydrogens is 161 g/mol. The van der Waals surface area contributed by atoms with Crippen molar-refractivity contribution < 1.29 is 14.8 Å². The second-order valence-corrected chi connectivity index (χ2v) is 1.46. The molecule has 0 atom stereocenters. The van der Waals surface area contributed by atoms with Gasteiger partial charge >= 0.3 is 13.5 Å². The predicted octanol–water partition coefficient (Wildman–Crippen LogP) is -1.40. The Balaban J connectivity index is 4.99. The topological polar surface area (TPSA) is 129 Å². The van der Waals surface area contributed by atoms with Crippen molar-refractivity contribution in [1.29, 1.82) is 0 Å². The summed E-state index contributed by atoms with van der Waals surface area (Å²) in [5.74, 6) is 0. The number of hydrogen-bond donors (Lipinski definition) is 0. The predicted molar refractivity (Wildman–Crippen MR) is 29.5 cm³/mol. The molecule has 0 spiro atoms. The van der Waals surface area contributed by atoms with E-state index in [1.54, 1.807) is 0 Å². The first-order chi connectivity index (χ1) is 4.83. The van der Waals surface area contributed by atoms with E-state index in [4.69, 9.17) is 0 Å². The van der Waals surface area contributed by atoms with Gasteiger partial charge in [0, 0.05) is 0 Å². The van der Waals surface area contributed by atoms with Gasteiger partial charge in [-0.25, -0.2) is 0 Å². The summed E-state index contributed by atoms with van der Waals surface area (Å²) in [5.41, 5.74) is -3.83. The highest BCUT2D eigenvalue weighted by Crippen LogP contribution is 2.05. The lowest BCUT2D eigenvalue weighted by Crippen LogP contribution is -2.53. The third kappa shape index (κ3) is 1.23. The van der Waals surface area contributed by atoms with E-state index < -0.39 is 20.5 Å². The molecule has 0 aliphatic heterocycles. The Labute approximate surface area is 59.8 Å². The SMILES string of the molecule is [B]C([N+](=O)[O-])([N+](=O)[O-])[N+](=O)[O-]. The molecule has 0 rings (SSSR count). The summed E-state index contributed by atoms with van der Waals surface area (Å²) >= 11 is 0. The molecule has 0 N–H and O–H groups in total. The van der Waals surface area contributed by atoms with Crippen molar-refractivity contribution in [3.63, 3.8) is 0 Å². The summed E-state index contributed by atoms with van der Waals surface area (Å²) in [6.45, 7) is 0. The minimum absolute atomic E-state index is 1.78. The largest absolute Gasteiger partial charge is 0.617 e. The van der Waals surface area contributed by atoms with Crippen molar-refractivity contribution in [2.75, 3.05) is 0 Å². The highest BCUT2D eigenvalue weighted by atomic mass is 16.7. The summed E-state index contributed by atoms with van der Waals surface area (Å²) in [4.78, 5) is 23.8. The molecule has 0 aromatic rings. The van der Waals surface area contributed by atoms with Crippen LogP contribution in [0.4, 0.5) is 0 Å². The van der Waals surface area contributed by atoms with Gasteiger partial charge in [-0.05, 0) is 0 Å². The lowest BCUT2D eigenvalue weighted by atomic mass is 9.99. The summed E-state index contributed by atoms with van der Waals surface area (Å²) < 4.78 is 0. The Morgan fingerprint density at radius 2 is 1.09 bits per heavy atom. The Kier molecular flexibility index (Phi) is 2.09. The van der Waals surface area contributed by atoms with Crippen LogP contribution in [0.1, 0.15) is 0 Å². The zero-order valence-electron chi connectivity index (χ0n) is 4.87. The number of nitrogens with zero attached hydrogens (tertiary/aromatic N) is 3. The van der Waals surface area contributed by atoms with Gasteiger partial charge < -0.3 is 0 Å². The van der Waals surface area contributed by atoms with E-state index in [2.05, 4.69) is 7.85 Å². The lowest BCUT2D eigenvalue weighted by Gasteiger charge is -2.03. The van der Waals surface area contributed by atoms with Crippen molar-refractivity contribution >= 4 is 7.85 Å². The van der Waals surface area contributed by atoms with Crippen molar-refractivity contribution in [2.24, 2.45) is 0 Å². The van der Waals surface area contributed by atoms with Crippen LogP contribution in [-0.2, 0) is 0 Å². The third-order valence-corrected chi connectivity index (χ3v) is 0.806. The Morgan fingerprint density at radius 1 is 0.909 bits per heavy atom. The van der Waals surface area contributed by atoms with Crippen LogP contribution >= 0.6 is 0 Å². The standard InChI is InChI=1S/CBN3O6/c2-1(3(6)7,4(8)9)5(10)11. The van der Waals surface area contributed by atoms with Crippen molar-refractivity contribution in [1.82, 2.24) is 0 Å². The van der Waals surface area contributed by atoms with Gasteiger partial charge in [0.1, 0.15) is 0 Å². The van der Waals surface area contributed by atoms with Gasteiger partial charge in [-0.3, -0.25) is 30.3 Å². The molecule has 0 saturated carbocycles. The fraction of sp³-hybridized carbons (Fsp3) is 1.00. The van der Waals surface area contributed by atoms with E-state index >= 15 is 0 Å². The van der Waals surface area contributed by atoms with Gasteiger partial charge in [0.25, 0.3) is 0 Å². The van der Waals surface area contributed by atoms with Crippen LogP contribution in [0.2, 0.25) is 0 Å². The second-order valence-electron chi connectivity index (χ2n) is 1.46. The smallest absolute Gasteiger partial charge is 0.254 e. The van der Waals surface area contributed by atoms with E-state index in [9.17, 15) is 30.3 Å². The molecule has 11 heavy (non-hydrogen) atoms. The highest BCUT2D eigenvalue weighted by Gasteiger charge is 2.62. The highest BCUT2D eigenvalue weighted by molar-refractivity contribution is 6.11. The summed E-state index contributed by atoms with van der Waals surface area (Å²) in [5, 5.41) is 29.1.